The molecular weight excluding hydrogens is 154 g/mol. The highest BCUT2D eigenvalue weighted by molar-refractivity contribution is 5.74. The van der Waals surface area contributed by atoms with E-state index in [2.05, 4.69) is 11.9 Å². The Balaban J connectivity index is 4.34. The van der Waals surface area contributed by atoms with Crippen LogP contribution in [0.1, 0.15) is 6.92 Å². The number of hydrogen-bond acceptors (Lipinski definition) is 2. The highest BCUT2D eigenvalue weighted by atomic mass is 16.2. The molecule has 0 fully saturated rings. The minimum atomic E-state index is -0.621. The molecule has 0 atom stereocenters. The standard InChI is InChI=1S/C8H13N3O/c1-3-7(11-8(10)12)5-4-6(2)9/h3-5H,1,9H2,2H3,(H3,10,11,12)/b6-4+,7-5+. The van der Waals surface area contributed by atoms with E-state index in [4.69, 9.17) is 11.5 Å². The summed E-state index contributed by atoms with van der Waals surface area (Å²) in [5.41, 5.74) is 11.4. The summed E-state index contributed by atoms with van der Waals surface area (Å²) in [5, 5.41) is 2.37. The molecule has 0 aromatic rings. The molecule has 0 spiro atoms. The molecule has 0 bridgehead atoms. The van der Waals surface area contributed by atoms with Crippen LogP contribution in [-0.2, 0) is 0 Å². The summed E-state index contributed by atoms with van der Waals surface area (Å²) in [6.07, 6.45) is 4.74. The number of urea groups is 1. The van der Waals surface area contributed by atoms with Gasteiger partial charge in [-0.25, -0.2) is 4.79 Å². The normalized spacial score (nSPS) is 12.4. The summed E-state index contributed by atoms with van der Waals surface area (Å²) >= 11 is 0. The molecular formula is C8H13N3O. The molecule has 0 unspecified atom stereocenters. The predicted octanol–water partition coefficient (Wildman–Crippen LogP) is 0.587. The summed E-state index contributed by atoms with van der Waals surface area (Å²) in [6, 6.07) is -0.621. The van der Waals surface area contributed by atoms with Gasteiger partial charge in [0.25, 0.3) is 0 Å². The summed E-state index contributed by atoms with van der Waals surface area (Å²) in [7, 11) is 0. The number of carbonyl (C=O) groups is 1. The molecule has 0 aliphatic rings. The number of rotatable bonds is 3. The van der Waals surface area contributed by atoms with Crippen molar-refractivity contribution in [1.29, 1.82) is 0 Å². The van der Waals surface area contributed by atoms with E-state index >= 15 is 0 Å². The lowest BCUT2D eigenvalue weighted by molar-refractivity contribution is 0.251. The first-order valence-corrected chi connectivity index (χ1v) is 3.39. The summed E-state index contributed by atoms with van der Waals surface area (Å²) in [4.78, 5) is 10.4. The molecule has 0 aromatic heterocycles. The molecule has 0 aliphatic heterocycles. The zero-order chi connectivity index (χ0) is 9.56. The van der Waals surface area contributed by atoms with Gasteiger partial charge in [0.15, 0.2) is 0 Å². The van der Waals surface area contributed by atoms with E-state index in [1.807, 2.05) is 0 Å². The van der Waals surface area contributed by atoms with Crippen molar-refractivity contribution in [1.82, 2.24) is 5.32 Å². The van der Waals surface area contributed by atoms with Crippen molar-refractivity contribution in [3.05, 3.63) is 36.2 Å². The SMILES string of the molecule is C=C/C(=C\C=C(/C)N)NC(N)=O. The lowest BCUT2D eigenvalue weighted by Gasteiger charge is -1.99. The minimum Gasteiger partial charge on any atom is -0.402 e. The van der Waals surface area contributed by atoms with E-state index in [-0.39, 0.29) is 0 Å². The van der Waals surface area contributed by atoms with Gasteiger partial charge in [-0.2, -0.15) is 0 Å². The first kappa shape index (κ1) is 10.3. The van der Waals surface area contributed by atoms with Crippen LogP contribution in [0.2, 0.25) is 0 Å². The molecule has 0 saturated carbocycles. The van der Waals surface area contributed by atoms with Crippen LogP contribution in [-0.4, -0.2) is 6.03 Å². The lowest BCUT2D eigenvalue weighted by atomic mass is 10.3. The van der Waals surface area contributed by atoms with Crippen molar-refractivity contribution in [3.8, 4) is 0 Å². The van der Waals surface area contributed by atoms with Gasteiger partial charge in [0.05, 0.1) is 0 Å². The third-order valence-corrected chi connectivity index (χ3v) is 1.01. The Morgan fingerprint density at radius 3 is 2.33 bits per heavy atom. The van der Waals surface area contributed by atoms with Gasteiger partial charge in [-0.1, -0.05) is 6.58 Å². The van der Waals surface area contributed by atoms with Crippen LogP contribution >= 0.6 is 0 Å². The molecule has 12 heavy (non-hydrogen) atoms. The first-order chi connectivity index (χ1) is 5.56. The molecule has 4 heteroatoms. The third kappa shape index (κ3) is 5.10. The monoisotopic (exact) mass is 167 g/mol. The Kier molecular flexibility index (Phi) is 4.30. The van der Waals surface area contributed by atoms with Crippen LogP contribution in [0.25, 0.3) is 0 Å². The van der Waals surface area contributed by atoms with Crippen molar-refractivity contribution in [2.45, 2.75) is 6.92 Å². The molecule has 4 nitrogen and oxygen atoms in total. The fourth-order valence-corrected chi connectivity index (χ4v) is 0.524. The van der Waals surface area contributed by atoms with Gasteiger partial charge in [0.2, 0.25) is 0 Å². The Bertz CT molecular complexity index is 237. The Hall–Kier alpha value is -1.71. The number of primary amides is 1. The second-order valence-electron chi connectivity index (χ2n) is 2.23. The van der Waals surface area contributed by atoms with Gasteiger partial charge in [0.1, 0.15) is 0 Å². The zero-order valence-electron chi connectivity index (χ0n) is 7.00. The quantitative estimate of drug-likeness (QED) is 0.537. The molecule has 0 rings (SSSR count). The molecule has 0 saturated heterocycles. The Morgan fingerprint density at radius 2 is 2.00 bits per heavy atom. The maximum Gasteiger partial charge on any atom is 0.316 e. The van der Waals surface area contributed by atoms with E-state index < -0.39 is 6.03 Å². The van der Waals surface area contributed by atoms with Crippen molar-refractivity contribution in [2.75, 3.05) is 0 Å². The number of nitrogens with one attached hydrogen (secondary N) is 1. The maximum absolute atomic E-state index is 10.4. The average molecular weight is 167 g/mol. The largest absolute Gasteiger partial charge is 0.402 e. The topological polar surface area (TPSA) is 81.1 Å². The smallest absolute Gasteiger partial charge is 0.316 e. The molecule has 0 radical (unpaired) electrons. The van der Waals surface area contributed by atoms with Crippen LogP contribution in [0.5, 0.6) is 0 Å². The van der Waals surface area contributed by atoms with Crippen LogP contribution < -0.4 is 16.8 Å². The minimum absolute atomic E-state index is 0.521. The number of nitrogens with two attached hydrogens (primary N) is 2. The number of amides is 2. The Morgan fingerprint density at radius 1 is 1.42 bits per heavy atom. The van der Waals surface area contributed by atoms with E-state index in [0.29, 0.717) is 11.4 Å². The number of hydrogen-bond donors (Lipinski definition) is 3. The van der Waals surface area contributed by atoms with Crippen molar-refractivity contribution in [2.24, 2.45) is 11.5 Å². The number of allylic oxidation sites excluding steroid dienone is 4. The van der Waals surface area contributed by atoms with Crippen LogP contribution in [0, 0.1) is 0 Å². The van der Waals surface area contributed by atoms with Gasteiger partial charge in [-0.05, 0) is 25.2 Å². The highest BCUT2D eigenvalue weighted by Gasteiger charge is 1.92. The van der Waals surface area contributed by atoms with Crippen molar-refractivity contribution < 1.29 is 4.79 Å². The second-order valence-corrected chi connectivity index (χ2v) is 2.23. The van der Waals surface area contributed by atoms with Gasteiger partial charge in [-0.15, -0.1) is 0 Å². The summed E-state index contributed by atoms with van der Waals surface area (Å²) < 4.78 is 0. The van der Waals surface area contributed by atoms with E-state index in [1.165, 1.54) is 6.08 Å². The van der Waals surface area contributed by atoms with Crippen LogP contribution in [0.4, 0.5) is 4.79 Å². The fraction of sp³-hybridized carbons (Fsp3) is 0.125. The van der Waals surface area contributed by atoms with Crippen molar-refractivity contribution >= 4 is 6.03 Å². The average Bonchev–Trinajstić information content (AvgIpc) is 1.97. The number of carbonyl (C=O) groups excluding carboxylic acids is 1. The van der Waals surface area contributed by atoms with Gasteiger partial charge < -0.3 is 16.8 Å². The van der Waals surface area contributed by atoms with Crippen LogP contribution in [0.15, 0.2) is 36.2 Å². The zero-order valence-corrected chi connectivity index (χ0v) is 7.00. The molecule has 2 amide bonds. The van der Waals surface area contributed by atoms with E-state index in [1.54, 1.807) is 19.1 Å². The third-order valence-electron chi connectivity index (χ3n) is 1.01. The molecule has 0 aliphatic carbocycles. The first-order valence-electron chi connectivity index (χ1n) is 3.39. The van der Waals surface area contributed by atoms with Gasteiger partial charge >= 0.3 is 6.03 Å². The van der Waals surface area contributed by atoms with E-state index in [0.717, 1.165) is 0 Å². The highest BCUT2D eigenvalue weighted by Crippen LogP contribution is 1.91. The molecule has 0 aromatic carbocycles. The molecule has 0 heterocycles. The maximum atomic E-state index is 10.4. The lowest BCUT2D eigenvalue weighted by Crippen LogP contribution is -2.27. The van der Waals surface area contributed by atoms with Crippen LogP contribution in [0.3, 0.4) is 0 Å². The van der Waals surface area contributed by atoms with Gasteiger partial charge in [-0.3, -0.25) is 0 Å². The molecule has 5 N–H and O–H groups in total. The summed E-state index contributed by atoms with van der Waals surface area (Å²) in [6.45, 7) is 5.22. The molecule has 66 valence electrons. The Labute approximate surface area is 71.6 Å². The fourth-order valence-electron chi connectivity index (χ4n) is 0.524. The second kappa shape index (κ2) is 5.01. The van der Waals surface area contributed by atoms with Crippen molar-refractivity contribution in [3.63, 3.8) is 0 Å². The summed E-state index contributed by atoms with van der Waals surface area (Å²) in [5.74, 6) is 0. The van der Waals surface area contributed by atoms with E-state index in [9.17, 15) is 4.79 Å². The van der Waals surface area contributed by atoms with Gasteiger partial charge in [0, 0.05) is 11.4 Å². The predicted molar refractivity (Wildman–Crippen MR) is 48.9 cm³/mol.